The largest absolute Gasteiger partial charge is 0.396 e. The van der Waals surface area contributed by atoms with E-state index in [9.17, 15) is 0 Å². The molecule has 1 atom stereocenters. The Hall–Kier alpha value is -0.0800. The SMILES string of the molecule is CC(C)N(C(C)C)C(C)CCCCCCCCCCCCO. The lowest BCUT2D eigenvalue weighted by Gasteiger charge is -2.36. The van der Waals surface area contributed by atoms with Crippen molar-refractivity contribution < 1.29 is 5.11 Å². The first-order valence-corrected chi connectivity index (χ1v) is 9.89. The van der Waals surface area contributed by atoms with Crippen molar-refractivity contribution in [2.45, 2.75) is 123 Å². The van der Waals surface area contributed by atoms with Crippen LogP contribution in [-0.2, 0) is 0 Å². The van der Waals surface area contributed by atoms with E-state index in [0.717, 1.165) is 6.42 Å². The standard InChI is InChI=1S/C20H43NO/c1-18(2)21(19(3)4)20(5)16-14-12-10-8-6-7-9-11-13-15-17-22/h18-20,22H,6-17H2,1-5H3. The molecule has 1 unspecified atom stereocenters. The van der Waals surface area contributed by atoms with Gasteiger partial charge >= 0.3 is 0 Å². The molecule has 2 nitrogen and oxygen atoms in total. The maximum Gasteiger partial charge on any atom is 0.0431 e. The third kappa shape index (κ3) is 11.5. The summed E-state index contributed by atoms with van der Waals surface area (Å²) in [6.07, 6.45) is 14.6. The molecule has 0 aliphatic heterocycles. The van der Waals surface area contributed by atoms with E-state index in [1.807, 2.05) is 0 Å². The zero-order chi connectivity index (χ0) is 16.8. The van der Waals surface area contributed by atoms with E-state index in [4.69, 9.17) is 5.11 Å². The molecule has 22 heavy (non-hydrogen) atoms. The third-order valence-electron chi connectivity index (χ3n) is 4.73. The third-order valence-corrected chi connectivity index (χ3v) is 4.73. The van der Waals surface area contributed by atoms with E-state index in [1.54, 1.807) is 0 Å². The Bertz CT molecular complexity index is 220. The maximum absolute atomic E-state index is 8.72. The van der Waals surface area contributed by atoms with Gasteiger partial charge in [0.25, 0.3) is 0 Å². The van der Waals surface area contributed by atoms with E-state index in [0.29, 0.717) is 24.7 Å². The summed E-state index contributed by atoms with van der Waals surface area (Å²) in [5, 5.41) is 8.72. The fourth-order valence-electron chi connectivity index (χ4n) is 3.73. The van der Waals surface area contributed by atoms with Gasteiger partial charge in [-0.15, -0.1) is 0 Å². The molecule has 0 aromatic rings. The summed E-state index contributed by atoms with van der Waals surface area (Å²) in [5.74, 6) is 0. The van der Waals surface area contributed by atoms with E-state index in [2.05, 4.69) is 39.5 Å². The van der Waals surface area contributed by atoms with Gasteiger partial charge in [0, 0.05) is 24.7 Å². The van der Waals surface area contributed by atoms with Crippen LogP contribution in [0.15, 0.2) is 0 Å². The van der Waals surface area contributed by atoms with Crippen molar-refractivity contribution in [1.82, 2.24) is 4.90 Å². The minimum absolute atomic E-state index is 0.365. The second kappa shape index (κ2) is 14.5. The zero-order valence-corrected chi connectivity index (χ0v) is 16.1. The second-order valence-corrected chi connectivity index (χ2v) is 7.53. The average molecular weight is 314 g/mol. The Morgan fingerprint density at radius 3 is 1.32 bits per heavy atom. The zero-order valence-electron chi connectivity index (χ0n) is 16.1. The van der Waals surface area contributed by atoms with Gasteiger partial charge in [-0.05, 0) is 47.5 Å². The summed E-state index contributed by atoms with van der Waals surface area (Å²) in [7, 11) is 0. The molecule has 1 N–H and O–H groups in total. The number of rotatable bonds is 15. The average Bonchev–Trinajstić information content (AvgIpc) is 2.44. The first-order chi connectivity index (χ1) is 10.5. The molecule has 0 saturated heterocycles. The predicted octanol–water partition coefficient (Wildman–Crippen LogP) is 5.78. The summed E-state index contributed by atoms with van der Waals surface area (Å²) < 4.78 is 0. The molecule has 0 bridgehead atoms. The van der Waals surface area contributed by atoms with Crippen molar-refractivity contribution >= 4 is 0 Å². The van der Waals surface area contributed by atoms with Crippen LogP contribution in [0.3, 0.4) is 0 Å². The van der Waals surface area contributed by atoms with Gasteiger partial charge in [0.2, 0.25) is 0 Å². The molecule has 0 fully saturated rings. The summed E-state index contributed by atoms with van der Waals surface area (Å²) in [6, 6.07) is 2.02. The normalized spacial score (nSPS) is 13.5. The number of nitrogens with zero attached hydrogens (tertiary/aromatic N) is 1. The maximum atomic E-state index is 8.72. The molecule has 0 aliphatic rings. The van der Waals surface area contributed by atoms with Crippen LogP contribution in [0.5, 0.6) is 0 Å². The minimum atomic E-state index is 0.365. The monoisotopic (exact) mass is 313 g/mol. The molecule has 0 aromatic heterocycles. The molecule has 0 rings (SSSR count). The fourth-order valence-corrected chi connectivity index (χ4v) is 3.73. The van der Waals surface area contributed by atoms with E-state index in [-0.39, 0.29) is 0 Å². The highest BCUT2D eigenvalue weighted by Crippen LogP contribution is 2.17. The van der Waals surface area contributed by atoms with E-state index in [1.165, 1.54) is 64.2 Å². The highest BCUT2D eigenvalue weighted by Gasteiger charge is 2.19. The van der Waals surface area contributed by atoms with Crippen molar-refractivity contribution in [3.8, 4) is 0 Å². The second-order valence-electron chi connectivity index (χ2n) is 7.53. The first kappa shape index (κ1) is 21.9. The molecular weight excluding hydrogens is 270 g/mol. The Morgan fingerprint density at radius 1 is 0.591 bits per heavy atom. The lowest BCUT2D eigenvalue weighted by Crippen LogP contribution is -2.43. The molecule has 0 amide bonds. The quantitative estimate of drug-likeness (QED) is 0.387. The molecule has 0 radical (unpaired) electrons. The number of hydrogen-bond donors (Lipinski definition) is 1. The van der Waals surface area contributed by atoms with Crippen LogP contribution < -0.4 is 0 Å². The summed E-state index contributed by atoms with van der Waals surface area (Å²) in [6.45, 7) is 12.0. The molecule has 0 aromatic carbocycles. The van der Waals surface area contributed by atoms with Gasteiger partial charge in [0.15, 0.2) is 0 Å². The van der Waals surface area contributed by atoms with Gasteiger partial charge < -0.3 is 5.11 Å². The van der Waals surface area contributed by atoms with Crippen molar-refractivity contribution in [2.24, 2.45) is 0 Å². The molecule has 0 heterocycles. The molecule has 134 valence electrons. The number of hydrogen-bond acceptors (Lipinski definition) is 2. The van der Waals surface area contributed by atoms with Crippen molar-refractivity contribution in [2.75, 3.05) is 6.61 Å². The Kier molecular flexibility index (Phi) is 14.5. The van der Waals surface area contributed by atoms with Crippen molar-refractivity contribution in [3.63, 3.8) is 0 Å². The van der Waals surface area contributed by atoms with Gasteiger partial charge in [0.05, 0.1) is 0 Å². The van der Waals surface area contributed by atoms with Gasteiger partial charge in [-0.25, -0.2) is 0 Å². The van der Waals surface area contributed by atoms with Crippen LogP contribution in [-0.4, -0.2) is 34.7 Å². The van der Waals surface area contributed by atoms with Gasteiger partial charge in [0.1, 0.15) is 0 Å². The Balaban J connectivity index is 3.45. The van der Waals surface area contributed by atoms with Crippen molar-refractivity contribution in [3.05, 3.63) is 0 Å². The predicted molar refractivity (Wildman–Crippen MR) is 99.4 cm³/mol. The van der Waals surface area contributed by atoms with Gasteiger partial charge in [-0.1, -0.05) is 57.8 Å². The van der Waals surface area contributed by atoms with Crippen LogP contribution in [0.2, 0.25) is 0 Å². The number of unbranched alkanes of at least 4 members (excludes halogenated alkanes) is 9. The molecule has 0 saturated carbocycles. The van der Waals surface area contributed by atoms with Gasteiger partial charge in [-0.3, -0.25) is 4.90 Å². The topological polar surface area (TPSA) is 23.5 Å². The first-order valence-electron chi connectivity index (χ1n) is 9.89. The highest BCUT2D eigenvalue weighted by atomic mass is 16.2. The minimum Gasteiger partial charge on any atom is -0.396 e. The molecule has 2 heteroatoms. The lowest BCUT2D eigenvalue weighted by atomic mass is 10.0. The number of aliphatic hydroxyl groups is 1. The van der Waals surface area contributed by atoms with Crippen molar-refractivity contribution in [1.29, 1.82) is 0 Å². The summed E-state index contributed by atoms with van der Waals surface area (Å²) in [4.78, 5) is 2.65. The van der Waals surface area contributed by atoms with Crippen LogP contribution in [0.4, 0.5) is 0 Å². The molecule has 0 aliphatic carbocycles. The fraction of sp³-hybridized carbons (Fsp3) is 1.00. The van der Waals surface area contributed by atoms with Crippen LogP contribution in [0.1, 0.15) is 105 Å². The van der Waals surface area contributed by atoms with Crippen LogP contribution in [0.25, 0.3) is 0 Å². The number of aliphatic hydroxyl groups excluding tert-OH is 1. The summed E-state index contributed by atoms with van der Waals surface area (Å²) >= 11 is 0. The molecule has 0 spiro atoms. The summed E-state index contributed by atoms with van der Waals surface area (Å²) in [5.41, 5.74) is 0. The van der Waals surface area contributed by atoms with Crippen LogP contribution >= 0.6 is 0 Å². The van der Waals surface area contributed by atoms with Gasteiger partial charge in [-0.2, -0.15) is 0 Å². The lowest BCUT2D eigenvalue weighted by molar-refractivity contribution is 0.115. The Labute approximate surface area is 140 Å². The highest BCUT2D eigenvalue weighted by molar-refractivity contribution is 4.74. The molecular formula is C20H43NO. The van der Waals surface area contributed by atoms with E-state index < -0.39 is 0 Å². The Morgan fingerprint density at radius 2 is 0.955 bits per heavy atom. The smallest absolute Gasteiger partial charge is 0.0431 e. The van der Waals surface area contributed by atoms with Crippen LogP contribution in [0, 0.1) is 0 Å². The van der Waals surface area contributed by atoms with E-state index >= 15 is 0 Å².